The molecule has 0 radical (unpaired) electrons. The number of aromatic nitrogens is 3. The fourth-order valence-electron chi connectivity index (χ4n) is 3.59. The van der Waals surface area contributed by atoms with Gasteiger partial charge in [0.2, 0.25) is 5.91 Å². The summed E-state index contributed by atoms with van der Waals surface area (Å²) in [6.07, 6.45) is 0. The van der Waals surface area contributed by atoms with E-state index >= 15 is 0 Å². The Kier molecular flexibility index (Phi) is 4.45. The number of hydrogen-bond donors (Lipinski definition) is 1. The number of carbonyl (C=O) groups excluding carboxylic acids is 1. The van der Waals surface area contributed by atoms with Crippen LogP contribution in [0.1, 0.15) is 20.8 Å². The lowest BCUT2D eigenvalue weighted by Crippen LogP contribution is -2.27. The number of amides is 1. The SMILES string of the molecule is CC(C)(C)C(=O)Nc1ccc2nc3c4ccccc4c(-c4ccc(Cl)cc4)nn3c2c1. The van der Waals surface area contributed by atoms with Crippen LogP contribution in [0.15, 0.2) is 66.7 Å². The van der Waals surface area contributed by atoms with Crippen LogP contribution in [0, 0.1) is 5.41 Å². The van der Waals surface area contributed by atoms with E-state index in [0.29, 0.717) is 5.02 Å². The van der Waals surface area contributed by atoms with E-state index in [1.54, 1.807) is 0 Å². The van der Waals surface area contributed by atoms with Crippen molar-refractivity contribution in [1.29, 1.82) is 0 Å². The molecule has 0 aliphatic heterocycles. The van der Waals surface area contributed by atoms with E-state index in [4.69, 9.17) is 21.7 Å². The smallest absolute Gasteiger partial charge is 0.229 e. The van der Waals surface area contributed by atoms with Crippen molar-refractivity contribution in [3.8, 4) is 11.3 Å². The molecule has 0 fully saturated rings. The topological polar surface area (TPSA) is 59.3 Å². The number of imidazole rings is 1. The first-order chi connectivity index (χ1) is 14.8. The number of anilines is 1. The predicted octanol–water partition coefficient (Wildman–Crippen LogP) is 6.34. The number of halogens is 1. The fraction of sp³-hybridized carbons (Fsp3) is 0.160. The van der Waals surface area contributed by atoms with Crippen LogP contribution in [-0.4, -0.2) is 20.5 Å². The predicted molar refractivity (Wildman–Crippen MR) is 127 cm³/mol. The van der Waals surface area contributed by atoms with Crippen LogP contribution in [0.25, 0.3) is 38.7 Å². The number of fused-ring (bicyclic) bond motifs is 5. The molecule has 0 saturated carbocycles. The molecule has 3 aromatic carbocycles. The zero-order valence-corrected chi connectivity index (χ0v) is 18.2. The van der Waals surface area contributed by atoms with Crippen molar-refractivity contribution >= 4 is 50.6 Å². The van der Waals surface area contributed by atoms with E-state index < -0.39 is 5.41 Å². The Balaban J connectivity index is 1.76. The number of nitrogens with one attached hydrogen (secondary N) is 1. The highest BCUT2D eigenvalue weighted by molar-refractivity contribution is 6.30. The molecular formula is C25H21ClN4O. The minimum Gasteiger partial charge on any atom is -0.326 e. The summed E-state index contributed by atoms with van der Waals surface area (Å²) in [5.41, 5.74) is 4.50. The summed E-state index contributed by atoms with van der Waals surface area (Å²) in [5.74, 6) is -0.0408. The molecule has 2 aromatic heterocycles. The van der Waals surface area contributed by atoms with Crippen molar-refractivity contribution in [1.82, 2.24) is 14.6 Å². The van der Waals surface area contributed by atoms with Gasteiger partial charge in [0.1, 0.15) is 0 Å². The first-order valence-corrected chi connectivity index (χ1v) is 10.5. The van der Waals surface area contributed by atoms with E-state index in [-0.39, 0.29) is 5.91 Å². The maximum absolute atomic E-state index is 12.5. The first-order valence-electron chi connectivity index (χ1n) is 10.1. The molecule has 6 heteroatoms. The maximum atomic E-state index is 12.5. The maximum Gasteiger partial charge on any atom is 0.229 e. The lowest BCUT2D eigenvalue weighted by molar-refractivity contribution is -0.123. The van der Waals surface area contributed by atoms with E-state index in [0.717, 1.165) is 44.4 Å². The molecule has 154 valence electrons. The van der Waals surface area contributed by atoms with Gasteiger partial charge in [-0.1, -0.05) is 68.8 Å². The molecule has 5 nitrogen and oxygen atoms in total. The monoisotopic (exact) mass is 428 g/mol. The molecule has 0 aliphatic carbocycles. The lowest BCUT2D eigenvalue weighted by Gasteiger charge is -2.17. The molecule has 0 atom stereocenters. The van der Waals surface area contributed by atoms with Gasteiger partial charge in [0.25, 0.3) is 0 Å². The highest BCUT2D eigenvalue weighted by Crippen LogP contribution is 2.32. The van der Waals surface area contributed by atoms with Gasteiger partial charge in [0.05, 0.1) is 16.7 Å². The van der Waals surface area contributed by atoms with Gasteiger partial charge in [-0.2, -0.15) is 5.10 Å². The minimum atomic E-state index is -0.482. The Morgan fingerprint density at radius 1 is 0.968 bits per heavy atom. The molecule has 5 aromatic rings. The standard InChI is InChI=1S/C25H21ClN4O/c1-25(2,3)24(31)27-17-12-13-20-21(14-17)30-23(28-20)19-7-5-4-6-18(19)22(29-30)15-8-10-16(26)11-9-15/h4-14H,1-3H3,(H,27,31). The van der Waals surface area contributed by atoms with Gasteiger partial charge < -0.3 is 5.32 Å². The van der Waals surface area contributed by atoms with Gasteiger partial charge in [-0.05, 0) is 30.3 Å². The molecule has 31 heavy (non-hydrogen) atoms. The highest BCUT2D eigenvalue weighted by Gasteiger charge is 2.22. The zero-order chi connectivity index (χ0) is 21.8. The fourth-order valence-corrected chi connectivity index (χ4v) is 3.72. The van der Waals surface area contributed by atoms with Crippen LogP contribution >= 0.6 is 11.6 Å². The molecule has 0 unspecified atom stereocenters. The van der Waals surface area contributed by atoms with Crippen LogP contribution in [0.4, 0.5) is 5.69 Å². The van der Waals surface area contributed by atoms with Gasteiger partial charge in [-0.25, -0.2) is 9.50 Å². The van der Waals surface area contributed by atoms with Crippen molar-refractivity contribution in [3.63, 3.8) is 0 Å². The molecule has 5 rings (SSSR count). The number of rotatable bonds is 2. The Bertz CT molecular complexity index is 1460. The average molecular weight is 429 g/mol. The van der Waals surface area contributed by atoms with Crippen LogP contribution in [-0.2, 0) is 4.79 Å². The second-order valence-electron chi connectivity index (χ2n) is 8.66. The molecule has 0 spiro atoms. The van der Waals surface area contributed by atoms with Crippen LogP contribution < -0.4 is 5.32 Å². The minimum absolute atomic E-state index is 0.0408. The number of carbonyl (C=O) groups is 1. The number of hydrogen-bond acceptors (Lipinski definition) is 3. The summed E-state index contributed by atoms with van der Waals surface area (Å²) < 4.78 is 1.86. The third-order valence-corrected chi connectivity index (χ3v) is 5.56. The van der Waals surface area contributed by atoms with Gasteiger partial charge in [0.15, 0.2) is 5.65 Å². The summed E-state index contributed by atoms with van der Waals surface area (Å²) in [5, 5.41) is 10.7. The second kappa shape index (κ2) is 7.06. The molecule has 0 bridgehead atoms. The summed E-state index contributed by atoms with van der Waals surface area (Å²) in [6.45, 7) is 5.67. The number of benzene rings is 3. The van der Waals surface area contributed by atoms with Crippen molar-refractivity contribution in [3.05, 3.63) is 71.8 Å². The quantitative estimate of drug-likeness (QED) is 0.357. The van der Waals surface area contributed by atoms with Gasteiger partial charge in [0, 0.05) is 32.5 Å². The Morgan fingerprint density at radius 3 is 2.39 bits per heavy atom. The van der Waals surface area contributed by atoms with Crippen molar-refractivity contribution in [2.75, 3.05) is 5.32 Å². The van der Waals surface area contributed by atoms with Crippen molar-refractivity contribution in [2.24, 2.45) is 5.41 Å². The van der Waals surface area contributed by atoms with Gasteiger partial charge in [-0.3, -0.25) is 4.79 Å². The summed E-state index contributed by atoms with van der Waals surface area (Å²) >= 11 is 6.09. The van der Waals surface area contributed by atoms with E-state index in [1.807, 2.05) is 79.9 Å². The largest absolute Gasteiger partial charge is 0.326 e. The third kappa shape index (κ3) is 3.41. The summed E-state index contributed by atoms with van der Waals surface area (Å²) in [4.78, 5) is 17.3. The van der Waals surface area contributed by atoms with Crippen LogP contribution in [0.3, 0.4) is 0 Å². The third-order valence-electron chi connectivity index (χ3n) is 5.31. The second-order valence-corrected chi connectivity index (χ2v) is 9.09. The van der Waals surface area contributed by atoms with E-state index in [1.165, 1.54) is 0 Å². The molecule has 1 amide bonds. The van der Waals surface area contributed by atoms with Gasteiger partial charge in [-0.15, -0.1) is 0 Å². The molecular weight excluding hydrogens is 408 g/mol. The summed E-state index contributed by atoms with van der Waals surface area (Å²) in [7, 11) is 0. The summed E-state index contributed by atoms with van der Waals surface area (Å²) in [6, 6.07) is 21.5. The van der Waals surface area contributed by atoms with Crippen molar-refractivity contribution in [2.45, 2.75) is 20.8 Å². The lowest BCUT2D eigenvalue weighted by atomic mass is 9.95. The Morgan fingerprint density at radius 2 is 1.68 bits per heavy atom. The molecule has 1 N–H and O–H groups in total. The molecule has 0 saturated heterocycles. The first kappa shape index (κ1) is 19.5. The Hall–Kier alpha value is -3.44. The average Bonchev–Trinajstić information content (AvgIpc) is 3.11. The van der Waals surface area contributed by atoms with E-state index in [9.17, 15) is 4.79 Å². The Labute approximate surface area is 184 Å². The van der Waals surface area contributed by atoms with Crippen molar-refractivity contribution < 1.29 is 4.79 Å². The number of nitrogens with zero attached hydrogens (tertiary/aromatic N) is 3. The highest BCUT2D eigenvalue weighted by atomic mass is 35.5. The molecule has 2 heterocycles. The van der Waals surface area contributed by atoms with E-state index in [2.05, 4.69) is 17.4 Å². The van der Waals surface area contributed by atoms with Crippen LogP contribution in [0.5, 0.6) is 0 Å². The zero-order valence-electron chi connectivity index (χ0n) is 17.5. The molecule has 0 aliphatic rings. The van der Waals surface area contributed by atoms with Gasteiger partial charge >= 0.3 is 0 Å². The van der Waals surface area contributed by atoms with Crippen LogP contribution in [0.2, 0.25) is 5.02 Å². The normalized spacial score (nSPS) is 12.0.